The van der Waals surface area contributed by atoms with Gasteiger partial charge < -0.3 is 10.4 Å². The van der Waals surface area contributed by atoms with Crippen molar-refractivity contribution in [2.75, 3.05) is 6.54 Å². The summed E-state index contributed by atoms with van der Waals surface area (Å²) in [5.74, 6) is 0. The number of halogens is 1. The first kappa shape index (κ1) is 12.8. The lowest BCUT2D eigenvalue weighted by Crippen LogP contribution is -2.20. The fraction of sp³-hybridized carbons (Fsp3) is 0.231. The zero-order valence-corrected chi connectivity index (χ0v) is 11.7. The van der Waals surface area contributed by atoms with Gasteiger partial charge in [-0.3, -0.25) is 0 Å². The van der Waals surface area contributed by atoms with E-state index in [0.717, 1.165) is 16.6 Å². The van der Waals surface area contributed by atoms with Crippen molar-refractivity contribution in [1.82, 2.24) is 5.32 Å². The second kappa shape index (κ2) is 6.31. The molecule has 0 aliphatic carbocycles. The van der Waals surface area contributed by atoms with Gasteiger partial charge in [-0.1, -0.05) is 34.1 Å². The third kappa shape index (κ3) is 3.92. The van der Waals surface area contributed by atoms with Gasteiger partial charge in [0.2, 0.25) is 0 Å². The van der Waals surface area contributed by atoms with E-state index in [-0.39, 0.29) is 0 Å². The number of benzene rings is 1. The molecule has 2 aromatic rings. The van der Waals surface area contributed by atoms with E-state index < -0.39 is 6.10 Å². The fourth-order valence-corrected chi connectivity index (χ4v) is 2.67. The number of aliphatic hydroxyl groups is 1. The molecule has 1 heterocycles. The molecular weight excluding hydrogens is 298 g/mol. The summed E-state index contributed by atoms with van der Waals surface area (Å²) >= 11 is 5.12. The summed E-state index contributed by atoms with van der Waals surface area (Å²) < 4.78 is 0.993. The van der Waals surface area contributed by atoms with E-state index in [2.05, 4.69) is 32.7 Å². The summed E-state index contributed by atoms with van der Waals surface area (Å²) in [5.41, 5.74) is 0.929. The zero-order valence-electron chi connectivity index (χ0n) is 9.27. The van der Waals surface area contributed by atoms with Crippen LogP contribution in [0.2, 0.25) is 0 Å². The van der Waals surface area contributed by atoms with Crippen molar-refractivity contribution < 1.29 is 5.11 Å². The van der Waals surface area contributed by atoms with Crippen LogP contribution in [0.25, 0.3) is 0 Å². The molecule has 0 fully saturated rings. The monoisotopic (exact) mass is 311 g/mol. The molecule has 1 unspecified atom stereocenters. The van der Waals surface area contributed by atoms with E-state index in [0.29, 0.717) is 6.54 Å². The maximum absolute atomic E-state index is 9.99. The molecule has 17 heavy (non-hydrogen) atoms. The van der Waals surface area contributed by atoms with Gasteiger partial charge in [0.1, 0.15) is 0 Å². The first-order valence-electron chi connectivity index (χ1n) is 5.42. The molecule has 2 nitrogen and oxygen atoms in total. The summed E-state index contributed by atoms with van der Waals surface area (Å²) in [4.78, 5) is 1.28. The molecule has 0 aliphatic heterocycles. The molecule has 2 rings (SSSR count). The van der Waals surface area contributed by atoms with E-state index in [1.54, 1.807) is 11.3 Å². The minimum absolute atomic E-state index is 0.465. The lowest BCUT2D eigenvalue weighted by Gasteiger charge is -2.12. The van der Waals surface area contributed by atoms with Gasteiger partial charge in [0.25, 0.3) is 0 Å². The van der Waals surface area contributed by atoms with Gasteiger partial charge >= 0.3 is 0 Å². The topological polar surface area (TPSA) is 32.3 Å². The largest absolute Gasteiger partial charge is 0.387 e. The number of aliphatic hydroxyl groups excluding tert-OH is 1. The molecule has 0 amide bonds. The van der Waals surface area contributed by atoms with Crippen LogP contribution in [0.1, 0.15) is 16.5 Å². The van der Waals surface area contributed by atoms with Crippen molar-refractivity contribution in [1.29, 1.82) is 0 Å². The molecule has 2 N–H and O–H groups in total. The average Bonchev–Trinajstić information content (AvgIpc) is 2.82. The summed E-state index contributed by atoms with van der Waals surface area (Å²) in [7, 11) is 0. The standard InChI is InChI=1S/C13H14BrNOS/c14-11-4-1-3-10(7-11)13(16)9-15-8-12-5-2-6-17-12/h1-7,13,15-16H,8-9H2. The van der Waals surface area contributed by atoms with Gasteiger partial charge in [-0.2, -0.15) is 0 Å². The number of hydrogen-bond acceptors (Lipinski definition) is 3. The molecule has 0 saturated carbocycles. The third-order valence-corrected chi connectivity index (χ3v) is 3.82. The van der Waals surface area contributed by atoms with Crippen LogP contribution in [0.15, 0.2) is 46.3 Å². The van der Waals surface area contributed by atoms with Gasteiger partial charge in [0.15, 0.2) is 0 Å². The van der Waals surface area contributed by atoms with E-state index in [1.807, 2.05) is 30.3 Å². The van der Waals surface area contributed by atoms with E-state index in [4.69, 9.17) is 0 Å². The predicted molar refractivity (Wildman–Crippen MR) is 75.1 cm³/mol. The van der Waals surface area contributed by atoms with Crippen LogP contribution in [0, 0.1) is 0 Å². The molecule has 0 bridgehead atoms. The first-order chi connectivity index (χ1) is 8.25. The molecule has 90 valence electrons. The van der Waals surface area contributed by atoms with Gasteiger partial charge in [-0.05, 0) is 29.1 Å². The Labute approximate surface area is 113 Å². The van der Waals surface area contributed by atoms with E-state index in [1.165, 1.54) is 4.88 Å². The number of nitrogens with one attached hydrogen (secondary N) is 1. The van der Waals surface area contributed by atoms with Crippen molar-refractivity contribution in [3.63, 3.8) is 0 Å². The van der Waals surface area contributed by atoms with Crippen LogP contribution in [0.3, 0.4) is 0 Å². The average molecular weight is 312 g/mol. The summed E-state index contributed by atoms with van der Waals surface area (Å²) in [5, 5.41) is 15.3. The van der Waals surface area contributed by atoms with Crippen molar-refractivity contribution in [3.8, 4) is 0 Å². The van der Waals surface area contributed by atoms with Crippen molar-refractivity contribution in [2.24, 2.45) is 0 Å². The summed E-state index contributed by atoms with van der Waals surface area (Å²) in [6.07, 6.45) is -0.465. The van der Waals surface area contributed by atoms with Gasteiger partial charge in [-0.25, -0.2) is 0 Å². The molecule has 1 atom stereocenters. The first-order valence-corrected chi connectivity index (χ1v) is 7.09. The SMILES string of the molecule is OC(CNCc1cccs1)c1cccc(Br)c1. The Morgan fingerprint density at radius 1 is 1.29 bits per heavy atom. The molecule has 1 aromatic heterocycles. The second-order valence-electron chi connectivity index (χ2n) is 3.78. The summed E-state index contributed by atoms with van der Waals surface area (Å²) in [6, 6.07) is 11.9. The van der Waals surface area contributed by atoms with Crippen LogP contribution in [0.4, 0.5) is 0 Å². The minimum Gasteiger partial charge on any atom is -0.387 e. The minimum atomic E-state index is -0.465. The zero-order chi connectivity index (χ0) is 12.1. The van der Waals surface area contributed by atoms with Gasteiger partial charge in [-0.15, -0.1) is 11.3 Å². The van der Waals surface area contributed by atoms with Crippen LogP contribution in [-0.4, -0.2) is 11.7 Å². The highest BCUT2D eigenvalue weighted by molar-refractivity contribution is 9.10. The smallest absolute Gasteiger partial charge is 0.0914 e. The maximum atomic E-state index is 9.99. The van der Waals surface area contributed by atoms with Crippen molar-refractivity contribution in [3.05, 3.63) is 56.7 Å². The van der Waals surface area contributed by atoms with Gasteiger partial charge in [0, 0.05) is 22.4 Å². The normalized spacial score (nSPS) is 12.6. The van der Waals surface area contributed by atoms with Crippen LogP contribution in [-0.2, 0) is 6.54 Å². The molecular formula is C13H14BrNOS. The van der Waals surface area contributed by atoms with E-state index >= 15 is 0 Å². The van der Waals surface area contributed by atoms with Crippen molar-refractivity contribution in [2.45, 2.75) is 12.6 Å². The van der Waals surface area contributed by atoms with E-state index in [9.17, 15) is 5.11 Å². The molecule has 0 radical (unpaired) electrons. The molecule has 0 saturated heterocycles. The molecule has 0 spiro atoms. The lowest BCUT2D eigenvalue weighted by molar-refractivity contribution is 0.174. The van der Waals surface area contributed by atoms with Gasteiger partial charge in [0.05, 0.1) is 6.10 Å². The molecule has 0 aliphatic rings. The van der Waals surface area contributed by atoms with Crippen LogP contribution < -0.4 is 5.32 Å². The highest BCUT2D eigenvalue weighted by atomic mass is 79.9. The Balaban J connectivity index is 1.83. The third-order valence-electron chi connectivity index (χ3n) is 2.45. The number of rotatable bonds is 5. The Bertz CT molecular complexity index is 458. The Morgan fingerprint density at radius 2 is 2.18 bits per heavy atom. The number of hydrogen-bond donors (Lipinski definition) is 2. The Kier molecular flexibility index (Phi) is 4.74. The molecule has 4 heteroatoms. The highest BCUT2D eigenvalue weighted by Crippen LogP contribution is 2.17. The second-order valence-corrected chi connectivity index (χ2v) is 5.73. The maximum Gasteiger partial charge on any atom is 0.0914 e. The highest BCUT2D eigenvalue weighted by Gasteiger charge is 2.07. The Morgan fingerprint density at radius 3 is 2.88 bits per heavy atom. The fourth-order valence-electron chi connectivity index (χ4n) is 1.58. The van der Waals surface area contributed by atoms with Crippen LogP contribution in [0.5, 0.6) is 0 Å². The van der Waals surface area contributed by atoms with Crippen molar-refractivity contribution >= 4 is 27.3 Å². The van der Waals surface area contributed by atoms with Crippen LogP contribution >= 0.6 is 27.3 Å². The number of thiophene rings is 1. The predicted octanol–water partition coefficient (Wildman–Crippen LogP) is 3.33. The quantitative estimate of drug-likeness (QED) is 0.887. The lowest BCUT2D eigenvalue weighted by atomic mass is 10.1. The summed E-state index contributed by atoms with van der Waals surface area (Å²) in [6.45, 7) is 1.37. The Hall–Kier alpha value is -0.680. The molecule has 1 aromatic carbocycles.